The Kier molecular flexibility index (Phi) is 5.74. The van der Waals surface area contributed by atoms with Crippen LogP contribution in [0.1, 0.15) is 6.42 Å². The second-order valence-corrected chi connectivity index (χ2v) is 3.69. The van der Waals surface area contributed by atoms with Crippen molar-refractivity contribution in [2.45, 2.75) is 12.5 Å². The molecular weight excluding hydrogens is 257 g/mol. The predicted octanol–water partition coefficient (Wildman–Crippen LogP) is 0.156. The molecule has 1 aromatic carbocycles. The molecule has 7 heteroatoms. The van der Waals surface area contributed by atoms with Crippen molar-refractivity contribution in [3.8, 4) is 5.75 Å². The van der Waals surface area contributed by atoms with Crippen molar-refractivity contribution >= 4 is 11.9 Å². The number of carbonyl (C=O) groups excluding carboxylic acids is 1. The number of aliphatic carboxylic acids is 1. The van der Waals surface area contributed by atoms with Crippen LogP contribution in [0, 0.1) is 5.82 Å². The van der Waals surface area contributed by atoms with Gasteiger partial charge in [0, 0.05) is 0 Å². The summed E-state index contributed by atoms with van der Waals surface area (Å²) < 4.78 is 18.2. The molecule has 0 fully saturated rings. The summed E-state index contributed by atoms with van der Waals surface area (Å²) in [7, 11) is 0. The number of benzene rings is 1. The van der Waals surface area contributed by atoms with Crippen LogP contribution in [0.4, 0.5) is 4.39 Å². The summed E-state index contributed by atoms with van der Waals surface area (Å²) >= 11 is 0. The van der Waals surface area contributed by atoms with Crippen LogP contribution in [0.25, 0.3) is 0 Å². The fourth-order valence-electron chi connectivity index (χ4n) is 1.20. The monoisotopic (exact) mass is 271 g/mol. The van der Waals surface area contributed by atoms with Gasteiger partial charge >= 0.3 is 5.97 Å². The van der Waals surface area contributed by atoms with Crippen LogP contribution in [0.3, 0.4) is 0 Å². The van der Waals surface area contributed by atoms with Gasteiger partial charge in [0.1, 0.15) is 0 Å². The van der Waals surface area contributed by atoms with E-state index in [9.17, 15) is 14.0 Å². The number of hydrogen-bond donors (Lipinski definition) is 3. The zero-order chi connectivity index (χ0) is 14.3. The van der Waals surface area contributed by atoms with Gasteiger partial charge in [0.05, 0.1) is 19.6 Å². The molecule has 1 rings (SSSR count). The molecule has 0 spiro atoms. The zero-order valence-corrected chi connectivity index (χ0v) is 10.0. The van der Waals surface area contributed by atoms with E-state index in [-0.39, 0.29) is 25.3 Å². The Balaban J connectivity index is 2.24. The van der Waals surface area contributed by atoms with Crippen molar-refractivity contribution in [2.24, 2.45) is 0 Å². The minimum Gasteiger partial charge on any atom is -0.490 e. The van der Waals surface area contributed by atoms with E-state index in [1.54, 1.807) is 6.07 Å². The van der Waals surface area contributed by atoms with Crippen LogP contribution in [-0.4, -0.2) is 41.3 Å². The molecule has 0 bridgehead atoms. The second-order valence-electron chi connectivity index (χ2n) is 3.69. The van der Waals surface area contributed by atoms with Crippen molar-refractivity contribution in [3.63, 3.8) is 0 Å². The van der Waals surface area contributed by atoms with E-state index in [1.165, 1.54) is 18.2 Å². The summed E-state index contributed by atoms with van der Waals surface area (Å²) in [6.45, 7) is -0.427. The van der Waals surface area contributed by atoms with Crippen LogP contribution in [0.2, 0.25) is 0 Å². The van der Waals surface area contributed by atoms with E-state index >= 15 is 0 Å². The summed E-state index contributed by atoms with van der Waals surface area (Å²) in [6, 6.07) is 5.78. The highest BCUT2D eigenvalue weighted by atomic mass is 19.1. The van der Waals surface area contributed by atoms with Crippen molar-refractivity contribution in [2.75, 3.05) is 13.2 Å². The summed E-state index contributed by atoms with van der Waals surface area (Å²) in [5, 5.41) is 19.5. The first-order chi connectivity index (χ1) is 9.00. The van der Waals surface area contributed by atoms with Crippen LogP contribution < -0.4 is 10.1 Å². The molecule has 3 N–H and O–H groups in total. The van der Waals surface area contributed by atoms with Gasteiger partial charge in [-0.05, 0) is 12.1 Å². The molecule has 0 radical (unpaired) electrons. The molecule has 0 saturated heterocycles. The Morgan fingerprint density at radius 3 is 2.68 bits per heavy atom. The zero-order valence-electron chi connectivity index (χ0n) is 10.0. The van der Waals surface area contributed by atoms with Gasteiger partial charge in [0.25, 0.3) is 0 Å². The van der Waals surface area contributed by atoms with Gasteiger partial charge < -0.3 is 20.3 Å². The van der Waals surface area contributed by atoms with E-state index in [2.05, 4.69) is 5.32 Å². The number of amides is 1. The number of para-hydroxylation sites is 1. The van der Waals surface area contributed by atoms with Crippen molar-refractivity contribution in [3.05, 3.63) is 30.1 Å². The molecular formula is C12H14FNO5. The normalized spacial score (nSPS) is 11.7. The first-order valence-electron chi connectivity index (χ1n) is 5.55. The van der Waals surface area contributed by atoms with Gasteiger partial charge in [0.2, 0.25) is 5.91 Å². The highest BCUT2D eigenvalue weighted by Crippen LogP contribution is 2.15. The molecule has 0 aliphatic rings. The minimum absolute atomic E-state index is 0.0425. The third kappa shape index (κ3) is 5.35. The molecule has 0 saturated carbocycles. The molecule has 6 nitrogen and oxygen atoms in total. The number of aliphatic hydroxyl groups excluding tert-OH is 1. The third-order valence-corrected chi connectivity index (χ3v) is 2.20. The molecule has 0 aromatic heterocycles. The minimum atomic E-state index is -1.64. The van der Waals surface area contributed by atoms with Crippen molar-refractivity contribution in [1.82, 2.24) is 5.32 Å². The molecule has 19 heavy (non-hydrogen) atoms. The maximum absolute atomic E-state index is 13.1. The van der Waals surface area contributed by atoms with Crippen molar-refractivity contribution in [1.29, 1.82) is 0 Å². The molecule has 0 aliphatic carbocycles. The van der Waals surface area contributed by atoms with Gasteiger partial charge in [-0.25, -0.2) is 9.18 Å². The van der Waals surface area contributed by atoms with Gasteiger partial charge in [-0.3, -0.25) is 4.79 Å². The number of halogens is 1. The molecule has 0 aliphatic heterocycles. The van der Waals surface area contributed by atoms with Crippen LogP contribution in [0.15, 0.2) is 24.3 Å². The Labute approximate surface area is 108 Å². The lowest BCUT2D eigenvalue weighted by molar-refractivity contribution is -0.146. The summed E-state index contributed by atoms with van der Waals surface area (Å²) in [6.07, 6.45) is -1.71. The number of ether oxygens (including phenoxy) is 1. The Morgan fingerprint density at radius 2 is 2.05 bits per heavy atom. The summed E-state index contributed by atoms with van der Waals surface area (Å²) in [4.78, 5) is 21.5. The summed E-state index contributed by atoms with van der Waals surface area (Å²) in [5.41, 5.74) is 0. The molecule has 1 amide bonds. The Morgan fingerprint density at radius 1 is 1.37 bits per heavy atom. The van der Waals surface area contributed by atoms with Crippen LogP contribution >= 0.6 is 0 Å². The molecule has 1 atom stereocenters. The van der Waals surface area contributed by atoms with Gasteiger partial charge in [-0.15, -0.1) is 0 Å². The molecule has 0 heterocycles. The SMILES string of the molecule is O=C(CCOc1ccccc1F)NCC(O)C(=O)O. The number of rotatable bonds is 7. The van der Waals surface area contributed by atoms with E-state index in [0.717, 1.165) is 0 Å². The Hall–Kier alpha value is -2.15. The number of nitrogens with one attached hydrogen (secondary N) is 1. The average Bonchev–Trinajstić information content (AvgIpc) is 2.38. The third-order valence-electron chi connectivity index (χ3n) is 2.20. The van der Waals surface area contributed by atoms with Crippen LogP contribution in [0.5, 0.6) is 5.75 Å². The van der Waals surface area contributed by atoms with Gasteiger partial charge in [-0.1, -0.05) is 12.1 Å². The fourth-order valence-corrected chi connectivity index (χ4v) is 1.20. The number of carboxylic acids is 1. The molecule has 1 unspecified atom stereocenters. The Bertz CT molecular complexity index is 452. The quantitative estimate of drug-likeness (QED) is 0.656. The maximum atomic E-state index is 13.1. The molecule has 104 valence electrons. The average molecular weight is 271 g/mol. The number of hydrogen-bond acceptors (Lipinski definition) is 4. The highest BCUT2D eigenvalue weighted by molar-refractivity contribution is 5.78. The number of carboxylic acid groups (broad SMARTS) is 1. The van der Waals surface area contributed by atoms with Gasteiger partial charge in [-0.2, -0.15) is 0 Å². The lowest BCUT2D eigenvalue weighted by Crippen LogP contribution is -2.36. The van der Waals surface area contributed by atoms with E-state index in [4.69, 9.17) is 14.9 Å². The predicted molar refractivity (Wildman–Crippen MR) is 63.2 cm³/mol. The smallest absolute Gasteiger partial charge is 0.334 e. The molecule has 1 aromatic rings. The van der Waals surface area contributed by atoms with Crippen LogP contribution in [-0.2, 0) is 9.59 Å². The highest BCUT2D eigenvalue weighted by Gasteiger charge is 2.14. The first-order valence-corrected chi connectivity index (χ1v) is 5.55. The van der Waals surface area contributed by atoms with E-state index < -0.39 is 23.8 Å². The van der Waals surface area contributed by atoms with Crippen molar-refractivity contribution < 1.29 is 28.9 Å². The number of carbonyl (C=O) groups is 2. The standard InChI is InChI=1S/C12H14FNO5/c13-8-3-1-2-4-10(8)19-6-5-11(16)14-7-9(15)12(17)18/h1-4,9,15H,5-7H2,(H,14,16)(H,17,18). The first kappa shape index (κ1) is 14.9. The topological polar surface area (TPSA) is 95.9 Å². The number of aliphatic hydroxyl groups is 1. The van der Waals surface area contributed by atoms with Gasteiger partial charge in [0.15, 0.2) is 17.7 Å². The van der Waals surface area contributed by atoms with E-state index in [1.807, 2.05) is 0 Å². The lowest BCUT2D eigenvalue weighted by Gasteiger charge is -2.09. The fraction of sp³-hybridized carbons (Fsp3) is 0.333. The largest absolute Gasteiger partial charge is 0.490 e. The van der Waals surface area contributed by atoms with E-state index in [0.29, 0.717) is 0 Å². The maximum Gasteiger partial charge on any atom is 0.334 e. The summed E-state index contributed by atoms with van der Waals surface area (Å²) in [5.74, 6) is -2.38. The lowest BCUT2D eigenvalue weighted by atomic mass is 10.3. The second kappa shape index (κ2) is 7.32.